The maximum Gasteiger partial charge on any atom is 0.417 e. The zero-order chi connectivity index (χ0) is 65.6. The summed E-state index contributed by atoms with van der Waals surface area (Å²) in [6.45, 7) is 15.2. The molecule has 0 saturated carbocycles. The van der Waals surface area contributed by atoms with Crippen LogP contribution in [0.3, 0.4) is 0 Å². The highest BCUT2D eigenvalue weighted by atomic mass is 32.1. The van der Waals surface area contributed by atoms with Gasteiger partial charge in [0.15, 0.2) is 0 Å². The highest BCUT2D eigenvalue weighted by Gasteiger charge is 2.45. The standard InChI is InChI=1S/C63H80F5N11O11S/c1-39-33-78(34-40(2)75(39)7)52-29-50(65)48(28-51(52)73-58(83)47-13-12-45(64)26-49(47)63(66,67)68)44-31-70-61(71-32-44)77-16-14-76(15-17-77)55(82)37-90-25-23-88-21-19-86-18-20-87-22-24-89-36-54(81)74-57(62(4,5)6)60(85)79-35-46(80)27-53(79)59(84)69-30-42-8-10-43(11-9-42)56-41(3)72-38-91-56/h8-13,26,28-29,31-32,38-40,46,53,57,80H,14-25,27,30,33-37H2,1-7H3,(H,69,84)(H,73,83)(H,74,81)/t39-,40+,46-,53+,57?/m1/s1. The van der Waals surface area contributed by atoms with Gasteiger partial charge in [-0.2, -0.15) is 13.2 Å². The molecule has 8 rings (SSSR count). The fourth-order valence-corrected chi connectivity index (χ4v) is 11.7. The van der Waals surface area contributed by atoms with E-state index in [-0.39, 0.29) is 132 Å². The number of likely N-dealkylation sites (tertiary alicyclic amines) is 1. The first kappa shape index (κ1) is 69.6. The van der Waals surface area contributed by atoms with E-state index in [1.165, 1.54) is 29.4 Å². The van der Waals surface area contributed by atoms with Gasteiger partial charge in [0.2, 0.25) is 29.6 Å². The summed E-state index contributed by atoms with van der Waals surface area (Å²) in [4.78, 5) is 90.2. The number of carbonyl (C=O) groups excluding carboxylic acids is 5. The molecule has 5 atom stereocenters. The van der Waals surface area contributed by atoms with E-state index in [0.717, 1.165) is 33.8 Å². The number of alkyl halides is 3. The van der Waals surface area contributed by atoms with E-state index in [9.17, 15) is 46.6 Å². The second kappa shape index (κ2) is 31.8. The number of aliphatic hydroxyl groups excluding tert-OH is 1. The van der Waals surface area contributed by atoms with Crippen LogP contribution in [-0.4, -0.2) is 213 Å². The van der Waals surface area contributed by atoms with Gasteiger partial charge in [-0.25, -0.2) is 23.7 Å². The molecule has 0 radical (unpaired) electrons. The van der Waals surface area contributed by atoms with Gasteiger partial charge < -0.3 is 64.3 Å². The van der Waals surface area contributed by atoms with E-state index in [0.29, 0.717) is 45.2 Å². The van der Waals surface area contributed by atoms with E-state index in [1.807, 2.05) is 61.9 Å². The fourth-order valence-electron chi connectivity index (χ4n) is 10.8. The van der Waals surface area contributed by atoms with Gasteiger partial charge in [-0.15, -0.1) is 11.3 Å². The Morgan fingerprint density at radius 3 is 1.93 bits per heavy atom. The third kappa shape index (κ3) is 18.9. The van der Waals surface area contributed by atoms with Crippen molar-refractivity contribution in [2.24, 2.45) is 5.41 Å². The van der Waals surface area contributed by atoms with Gasteiger partial charge in [-0.3, -0.25) is 28.9 Å². The Bertz CT molecular complexity index is 3270. The van der Waals surface area contributed by atoms with Crippen LogP contribution in [0.25, 0.3) is 21.6 Å². The van der Waals surface area contributed by atoms with E-state index in [1.54, 1.807) is 42.5 Å². The lowest BCUT2D eigenvalue weighted by molar-refractivity contribution is -0.144. The Morgan fingerprint density at radius 1 is 0.747 bits per heavy atom. The average molecular weight is 1290 g/mol. The van der Waals surface area contributed by atoms with Crippen LogP contribution in [0.4, 0.5) is 39.3 Å². The molecule has 3 aliphatic heterocycles. The molecule has 3 aromatic carbocycles. The summed E-state index contributed by atoms with van der Waals surface area (Å²) in [7, 11) is 1.96. The number of halogens is 5. The number of hydrogen-bond acceptors (Lipinski definition) is 18. The van der Waals surface area contributed by atoms with Crippen molar-refractivity contribution in [1.29, 1.82) is 0 Å². The minimum atomic E-state index is -5.03. The van der Waals surface area contributed by atoms with Crippen molar-refractivity contribution in [1.82, 2.24) is 40.3 Å². The zero-order valence-corrected chi connectivity index (χ0v) is 53.0. The number of aryl methyl sites for hydroxylation is 1. The summed E-state index contributed by atoms with van der Waals surface area (Å²) in [5.41, 5.74) is 2.17. The summed E-state index contributed by atoms with van der Waals surface area (Å²) >= 11 is 1.55. The van der Waals surface area contributed by atoms with Gasteiger partial charge in [0.1, 0.15) is 36.9 Å². The van der Waals surface area contributed by atoms with E-state index >= 15 is 4.39 Å². The Labute approximate surface area is 529 Å². The van der Waals surface area contributed by atoms with Crippen molar-refractivity contribution in [2.75, 3.05) is 134 Å². The number of anilines is 3. The molecular formula is C63H80F5N11O11S. The molecule has 0 aliphatic carbocycles. The molecule has 0 bridgehead atoms. The number of benzene rings is 3. The number of ether oxygens (including phenoxy) is 5. The lowest BCUT2D eigenvalue weighted by Crippen LogP contribution is -2.58. The zero-order valence-electron chi connectivity index (χ0n) is 52.2. The van der Waals surface area contributed by atoms with Crippen molar-refractivity contribution in [3.8, 4) is 21.6 Å². The second-order valence-electron chi connectivity index (χ2n) is 23.8. The number of rotatable bonds is 27. The van der Waals surface area contributed by atoms with Gasteiger partial charge in [0.25, 0.3) is 5.91 Å². The quantitative estimate of drug-likeness (QED) is 0.0338. The average Bonchev–Trinajstić information content (AvgIpc) is 1.26. The predicted molar refractivity (Wildman–Crippen MR) is 330 cm³/mol. The van der Waals surface area contributed by atoms with E-state index < -0.39 is 76.2 Å². The number of piperazine rings is 2. The lowest BCUT2D eigenvalue weighted by atomic mass is 9.85. The van der Waals surface area contributed by atoms with Crippen LogP contribution >= 0.6 is 11.3 Å². The fraction of sp³-hybridized carbons (Fsp3) is 0.524. The number of amides is 5. The summed E-state index contributed by atoms with van der Waals surface area (Å²) in [6, 6.07) is 10.2. The van der Waals surface area contributed by atoms with Crippen molar-refractivity contribution in [2.45, 2.75) is 91.0 Å². The summed E-state index contributed by atoms with van der Waals surface area (Å²) in [5.74, 6) is -4.28. The first-order valence-corrected chi connectivity index (χ1v) is 31.0. The number of β-amino-alcohol motifs (C(OH)–C–C–N with tert-alkyl or cyclic N) is 1. The number of aromatic nitrogens is 3. The normalized spacial score (nSPS) is 18.6. The molecule has 5 amide bonds. The van der Waals surface area contributed by atoms with Crippen LogP contribution in [-0.2, 0) is 55.6 Å². The number of thiazole rings is 1. The van der Waals surface area contributed by atoms with Gasteiger partial charge in [-0.1, -0.05) is 45.0 Å². The molecule has 3 fully saturated rings. The van der Waals surface area contributed by atoms with Gasteiger partial charge in [-0.05, 0) is 74.7 Å². The molecule has 22 nitrogen and oxygen atoms in total. The van der Waals surface area contributed by atoms with Crippen LogP contribution in [0.15, 0.2) is 72.5 Å². The first-order valence-electron chi connectivity index (χ1n) is 30.1. The van der Waals surface area contributed by atoms with Crippen LogP contribution in [0.1, 0.15) is 68.2 Å². The Morgan fingerprint density at radius 2 is 1.35 bits per heavy atom. The number of carbonyl (C=O) groups is 5. The molecular weight excluding hydrogens is 1210 g/mol. The minimum absolute atomic E-state index is 0.0155. The molecule has 91 heavy (non-hydrogen) atoms. The maximum atomic E-state index is 16.2. The van der Waals surface area contributed by atoms with E-state index in [4.69, 9.17) is 23.7 Å². The van der Waals surface area contributed by atoms with Crippen molar-refractivity contribution in [3.05, 3.63) is 107 Å². The van der Waals surface area contributed by atoms with Gasteiger partial charge >= 0.3 is 6.18 Å². The molecule has 3 aliphatic rings. The van der Waals surface area contributed by atoms with Gasteiger partial charge in [0, 0.05) is 94.4 Å². The predicted octanol–water partition coefficient (Wildman–Crippen LogP) is 6.19. The highest BCUT2D eigenvalue weighted by Crippen LogP contribution is 2.38. The molecule has 5 aromatic rings. The molecule has 28 heteroatoms. The number of aliphatic hydroxyl groups is 1. The van der Waals surface area contributed by atoms with Crippen molar-refractivity contribution in [3.63, 3.8) is 0 Å². The number of likely N-dealkylation sites (N-methyl/N-ethyl adjacent to an activating group) is 1. The van der Waals surface area contributed by atoms with Crippen LogP contribution in [0.2, 0.25) is 0 Å². The highest BCUT2D eigenvalue weighted by molar-refractivity contribution is 7.13. The third-order valence-corrected chi connectivity index (χ3v) is 17.1. The van der Waals surface area contributed by atoms with Gasteiger partial charge in [0.05, 0.1) is 97.5 Å². The maximum absolute atomic E-state index is 16.2. The topological polar surface area (TPSA) is 243 Å². The molecule has 1 unspecified atom stereocenters. The summed E-state index contributed by atoms with van der Waals surface area (Å²) < 4.78 is 99.8. The van der Waals surface area contributed by atoms with E-state index in [2.05, 4.69) is 35.8 Å². The SMILES string of the molecule is Cc1ncsc1-c1ccc(CNC(=O)[C@@H]2C[C@@H](O)CN2C(=O)C(NC(=O)COCCOCCOCCOCCOCC(=O)N2CCN(c3ncc(-c4cc(NC(=O)c5ccc(F)cc5C(F)(F)F)c(N5C[C@@H](C)N(C)[C@@H](C)C5)cc4F)cn3)CC2)C(C)(C)C)cc1. The van der Waals surface area contributed by atoms with Crippen LogP contribution < -0.4 is 25.8 Å². The third-order valence-electron chi connectivity index (χ3n) is 16.1. The number of nitrogens with zero attached hydrogens (tertiary/aromatic N) is 8. The van der Waals surface area contributed by atoms with Crippen molar-refractivity contribution < 1.29 is 74.7 Å². The molecule has 4 N–H and O–H groups in total. The number of hydrogen-bond donors (Lipinski definition) is 4. The first-order chi connectivity index (χ1) is 43.4. The minimum Gasteiger partial charge on any atom is -0.391 e. The lowest BCUT2D eigenvalue weighted by Gasteiger charge is -2.44. The Kier molecular flexibility index (Phi) is 24.3. The molecule has 5 heterocycles. The monoisotopic (exact) mass is 1290 g/mol. The Hall–Kier alpha value is -7.31. The smallest absolute Gasteiger partial charge is 0.391 e. The largest absolute Gasteiger partial charge is 0.417 e. The molecule has 3 saturated heterocycles. The molecule has 0 spiro atoms. The summed E-state index contributed by atoms with van der Waals surface area (Å²) in [5, 5.41) is 18.8. The summed E-state index contributed by atoms with van der Waals surface area (Å²) in [6.07, 6.45) is -3.05. The van der Waals surface area contributed by atoms with Crippen LogP contribution in [0, 0.1) is 24.0 Å². The molecule has 494 valence electrons. The second-order valence-corrected chi connectivity index (χ2v) is 24.6. The van der Waals surface area contributed by atoms with Crippen molar-refractivity contribution >= 4 is 58.2 Å². The Balaban J connectivity index is 0.676. The van der Waals surface area contributed by atoms with Crippen LogP contribution in [0.5, 0.6) is 0 Å². The molecule has 2 aromatic heterocycles. The number of nitrogens with one attached hydrogen (secondary N) is 3.